The van der Waals surface area contributed by atoms with Crippen LogP contribution in [0.15, 0.2) is 41.1 Å². The van der Waals surface area contributed by atoms with Crippen LogP contribution < -0.4 is 0 Å². The van der Waals surface area contributed by atoms with Gasteiger partial charge in [0.15, 0.2) is 5.78 Å². The largest absolute Gasteiger partial charge is 0.294 e. The Morgan fingerprint density at radius 1 is 1.31 bits per heavy atom. The first kappa shape index (κ1) is 11.0. The molecule has 2 aromatic rings. The van der Waals surface area contributed by atoms with Crippen LogP contribution in [0.4, 0.5) is 4.39 Å². The second-order valence-corrected chi connectivity index (χ2v) is 4.35. The van der Waals surface area contributed by atoms with Crippen molar-refractivity contribution in [3.05, 3.63) is 58.0 Å². The van der Waals surface area contributed by atoms with Crippen LogP contribution >= 0.6 is 11.3 Å². The van der Waals surface area contributed by atoms with Gasteiger partial charge in [0.05, 0.1) is 0 Å². The highest BCUT2D eigenvalue weighted by atomic mass is 32.1. The highest BCUT2D eigenvalue weighted by molar-refractivity contribution is 7.07. The van der Waals surface area contributed by atoms with Gasteiger partial charge in [0.1, 0.15) is 5.82 Å². The Hall–Kier alpha value is -1.48. The number of hydrogen-bond acceptors (Lipinski definition) is 2. The van der Waals surface area contributed by atoms with E-state index >= 15 is 0 Å². The standard InChI is InChI=1S/C13H11FOS/c14-12-3-1-2-11(8-12)13(15)5-4-10-6-7-16-9-10/h1-3,6-9H,4-5H2. The molecule has 0 unspecified atom stereocenters. The molecule has 0 spiro atoms. The van der Waals surface area contributed by atoms with Crippen molar-refractivity contribution >= 4 is 17.1 Å². The van der Waals surface area contributed by atoms with Crippen molar-refractivity contribution in [1.82, 2.24) is 0 Å². The van der Waals surface area contributed by atoms with E-state index in [0.29, 0.717) is 12.0 Å². The number of carbonyl (C=O) groups is 1. The maximum absolute atomic E-state index is 12.9. The van der Waals surface area contributed by atoms with Crippen LogP contribution in [0.2, 0.25) is 0 Å². The Morgan fingerprint density at radius 2 is 2.19 bits per heavy atom. The molecule has 2 rings (SSSR count). The Balaban J connectivity index is 1.98. The van der Waals surface area contributed by atoms with Crippen LogP contribution in [0.25, 0.3) is 0 Å². The average molecular weight is 234 g/mol. The number of Topliss-reactive ketones (excluding diaryl/α,β-unsaturated/α-hetero) is 1. The number of rotatable bonds is 4. The van der Waals surface area contributed by atoms with Crippen molar-refractivity contribution in [1.29, 1.82) is 0 Å². The Labute approximate surface area is 97.6 Å². The molecule has 0 fully saturated rings. The maximum atomic E-state index is 12.9. The van der Waals surface area contributed by atoms with Gasteiger partial charge in [-0.15, -0.1) is 0 Å². The Kier molecular flexibility index (Phi) is 3.47. The molecule has 0 bridgehead atoms. The number of aryl methyl sites for hydroxylation is 1. The number of thiophene rings is 1. The van der Waals surface area contributed by atoms with Gasteiger partial charge in [0, 0.05) is 12.0 Å². The lowest BCUT2D eigenvalue weighted by Crippen LogP contribution is -2.01. The molecule has 0 N–H and O–H groups in total. The summed E-state index contributed by atoms with van der Waals surface area (Å²) in [5.41, 5.74) is 1.62. The van der Waals surface area contributed by atoms with Gasteiger partial charge >= 0.3 is 0 Å². The van der Waals surface area contributed by atoms with Crippen LogP contribution in [0.3, 0.4) is 0 Å². The smallest absolute Gasteiger partial charge is 0.163 e. The highest BCUT2D eigenvalue weighted by Gasteiger charge is 2.06. The summed E-state index contributed by atoms with van der Waals surface area (Å²) in [4.78, 5) is 11.7. The molecule has 16 heavy (non-hydrogen) atoms. The quantitative estimate of drug-likeness (QED) is 0.737. The summed E-state index contributed by atoms with van der Waals surface area (Å²) in [6, 6.07) is 7.85. The number of ketones is 1. The minimum atomic E-state index is -0.360. The molecular weight excluding hydrogens is 223 g/mol. The molecule has 0 saturated carbocycles. The third kappa shape index (κ3) is 2.76. The number of benzene rings is 1. The van der Waals surface area contributed by atoms with Crippen molar-refractivity contribution in [2.75, 3.05) is 0 Å². The third-order valence-corrected chi connectivity index (χ3v) is 3.10. The van der Waals surface area contributed by atoms with Gasteiger partial charge in [-0.25, -0.2) is 4.39 Å². The summed E-state index contributed by atoms with van der Waals surface area (Å²) in [7, 11) is 0. The minimum absolute atomic E-state index is 0.00861. The van der Waals surface area contributed by atoms with Gasteiger partial charge in [-0.2, -0.15) is 11.3 Å². The van der Waals surface area contributed by atoms with Crippen LogP contribution in [-0.4, -0.2) is 5.78 Å². The van der Waals surface area contributed by atoms with Gasteiger partial charge in [-0.3, -0.25) is 4.79 Å². The molecule has 1 heterocycles. The van der Waals surface area contributed by atoms with E-state index < -0.39 is 0 Å². The van der Waals surface area contributed by atoms with E-state index in [2.05, 4.69) is 0 Å². The molecule has 0 aliphatic carbocycles. The monoisotopic (exact) mass is 234 g/mol. The summed E-state index contributed by atoms with van der Waals surface area (Å²) in [5, 5.41) is 4.01. The first-order valence-corrected chi connectivity index (χ1v) is 6.00. The van der Waals surface area contributed by atoms with Crippen molar-refractivity contribution in [3.8, 4) is 0 Å². The molecule has 1 aromatic carbocycles. The molecular formula is C13H11FOS. The van der Waals surface area contributed by atoms with E-state index in [4.69, 9.17) is 0 Å². The molecule has 0 radical (unpaired) electrons. The summed E-state index contributed by atoms with van der Waals surface area (Å²) in [6.07, 6.45) is 1.15. The molecule has 82 valence electrons. The van der Waals surface area contributed by atoms with Crippen LogP contribution in [0.5, 0.6) is 0 Å². The van der Waals surface area contributed by atoms with Crippen LogP contribution in [-0.2, 0) is 6.42 Å². The van der Waals surface area contributed by atoms with Gasteiger partial charge < -0.3 is 0 Å². The second kappa shape index (κ2) is 5.03. The Bertz CT molecular complexity index is 476. The van der Waals surface area contributed by atoms with Gasteiger partial charge in [0.2, 0.25) is 0 Å². The van der Waals surface area contributed by atoms with Gasteiger partial charge in [-0.1, -0.05) is 12.1 Å². The third-order valence-electron chi connectivity index (χ3n) is 2.37. The Morgan fingerprint density at radius 3 is 2.88 bits per heavy atom. The molecule has 3 heteroatoms. The molecule has 1 aromatic heterocycles. The van der Waals surface area contributed by atoms with Crippen molar-refractivity contribution in [2.45, 2.75) is 12.8 Å². The molecule has 0 aliphatic rings. The van der Waals surface area contributed by atoms with Crippen molar-refractivity contribution in [3.63, 3.8) is 0 Å². The SMILES string of the molecule is O=C(CCc1ccsc1)c1cccc(F)c1. The number of hydrogen-bond donors (Lipinski definition) is 0. The van der Waals surface area contributed by atoms with Crippen LogP contribution in [0.1, 0.15) is 22.3 Å². The van der Waals surface area contributed by atoms with E-state index in [1.54, 1.807) is 23.5 Å². The highest BCUT2D eigenvalue weighted by Crippen LogP contribution is 2.12. The summed E-state index contributed by atoms with van der Waals surface area (Å²) >= 11 is 1.62. The molecule has 1 nitrogen and oxygen atoms in total. The fraction of sp³-hybridized carbons (Fsp3) is 0.154. The lowest BCUT2D eigenvalue weighted by molar-refractivity contribution is 0.0982. The maximum Gasteiger partial charge on any atom is 0.163 e. The first-order chi connectivity index (χ1) is 7.75. The summed E-state index contributed by atoms with van der Waals surface area (Å²) in [5.74, 6) is -0.368. The fourth-order valence-electron chi connectivity index (χ4n) is 1.50. The normalized spacial score (nSPS) is 10.3. The van der Waals surface area contributed by atoms with E-state index in [0.717, 1.165) is 12.0 Å². The molecule has 0 saturated heterocycles. The van der Waals surface area contributed by atoms with Crippen LogP contribution in [0, 0.1) is 5.82 Å². The fourth-order valence-corrected chi connectivity index (χ4v) is 2.20. The second-order valence-electron chi connectivity index (χ2n) is 3.57. The van der Waals surface area contributed by atoms with Gasteiger partial charge in [-0.05, 0) is 40.9 Å². The topological polar surface area (TPSA) is 17.1 Å². The zero-order valence-electron chi connectivity index (χ0n) is 8.65. The van der Waals surface area contributed by atoms with Crippen molar-refractivity contribution in [2.24, 2.45) is 0 Å². The number of halogens is 1. The average Bonchev–Trinajstić information content (AvgIpc) is 2.78. The van der Waals surface area contributed by atoms with Gasteiger partial charge in [0.25, 0.3) is 0 Å². The van der Waals surface area contributed by atoms with E-state index in [9.17, 15) is 9.18 Å². The summed E-state index contributed by atoms with van der Waals surface area (Å²) < 4.78 is 12.9. The zero-order chi connectivity index (χ0) is 11.4. The van der Waals surface area contributed by atoms with Crippen molar-refractivity contribution < 1.29 is 9.18 Å². The number of carbonyl (C=O) groups excluding carboxylic acids is 1. The van der Waals surface area contributed by atoms with E-state index in [1.165, 1.54) is 12.1 Å². The first-order valence-electron chi connectivity index (χ1n) is 5.05. The van der Waals surface area contributed by atoms with E-state index in [-0.39, 0.29) is 11.6 Å². The lowest BCUT2D eigenvalue weighted by atomic mass is 10.0. The molecule has 0 amide bonds. The zero-order valence-corrected chi connectivity index (χ0v) is 9.47. The summed E-state index contributed by atoms with van der Waals surface area (Å²) in [6.45, 7) is 0. The molecule has 0 aliphatic heterocycles. The molecule has 0 atom stereocenters. The predicted octanol–water partition coefficient (Wildman–Crippen LogP) is 3.70. The lowest BCUT2D eigenvalue weighted by Gasteiger charge is -2.00. The van der Waals surface area contributed by atoms with E-state index in [1.807, 2.05) is 16.8 Å². The predicted molar refractivity (Wildman–Crippen MR) is 63.4 cm³/mol. The minimum Gasteiger partial charge on any atom is -0.294 e.